The average molecular weight is 340 g/mol. The van der Waals surface area contributed by atoms with Crippen LogP contribution in [0.3, 0.4) is 0 Å². The fraction of sp³-hybridized carbons (Fsp3) is 0.476. The molecule has 3 nitrogen and oxygen atoms in total. The fourth-order valence-corrected chi connectivity index (χ4v) is 4.12. The summed E-state index contributed by atoms with van der Waals surface area (Å²) in [5, 5.41) is 0. The average Bonchev–Trinajstić information content (AvgIpc) is 2.90. The smallest absolute Gasteiger partial charge is 0.123 e. The van der Waals surface area contributed by atoms with Gasteiger partial charge in [0.15, 0.2) is 0 Å². The third-order valence-electron chi connectivity index (χ3n) is 5.38. The summed E-state index contributed by atoms with van der Waals surface area (Å²) in [5.74, 6) is 1.25. The van der Waals surface area contributed by atoms with Crippen LogP contribution in [-0.2, 0) is 12.8 Å². The van der Waals surface area contributed by atoms with E-state index in [1.807, 2.05) is 12.3 Å². The molecule has 2 aromatic rings. The van der Waals surface area contributed by atoms with Gasteiger partial charge < -0.3 is 9.64 Å². The second-order valence-electron chi connectivity index (χ2n) is 7.31. The maximum Gasteiger partial charge on any atom is 0.123 e. The third kappa shape index (κ3) is 4.18. The molecule has 4 heteroatoms. The molecule has 2 heterocycles. The van der Waals surface area contributed by atoms with E-state index in [0.717, 1.165) is 57.5 Å². The summed E-state index contributed by atoms with van der Waals surface area (Å²) in [7, 11) is 0. The lowest BCUT2D eigenvalue weighted by Gasteiger charge is -2.23. The predicted molar refractivity (Wildman–Crippen MR) is 96.2 cm³/mol. The molecule has 1 fully saturated rings. The third-order valence-corrected chi connectivity index (χ3v) is 5.38. The number of hydrogen-bond acceptors (Lipinski definition) is 3. The van der Waals surface area contributed by atoms with Gasteiger partial charge in [-0.15, -0.1) is 0 Å². The van der Waals surface area contributed by atoms with Crippen molar-refractivity contribution in [1.82, 2.24) is 9.88 Å². The minimum atomic E-state index is -0.216. The van der Waals surface area contributed by atoms with Gasteiger partial charge in [0.05, 0.1) is 6.10 Å². The minimum Gasteiger partial charge on any atom is -0.490 e. The second kappa shape index (κ2) is 7.52. The summed E-state index contributed by atoms with van der Waals surface area (Å²) < 4.78 is 19.1. The van der Waals surface area contributed by atoms with E-state index >= 15 is 0 Å². The van der Waals surface area contributed by atoms with Gasteiger partial charge in [0.25, 0.3) is 0 Å². The number of rotatable bonds is 4. The van der Waals surface area contributed by atoms with Crippen LogP contribution in [-0.4, -0.2) is 35.6 Å². The van der Waals surface area contributed by atoms with Crippen molar-refractivity contribution in [3.63, 3.8) is 0 Å². The summed E-state index contributed by atoms with van der Waals surface area (Å²) in [6.45, 7) is 3.37. The molecule has 0 N–H and O–H groups in total. The molecule has 1 aromatic carbocycles. The van der Waals surface area contributed by atoms with Gasteiger partial charge >= 0.3 is 0 Å². The van der Waals surface area contributed by atoms with Crippen LogP contribution in [0.5, 0.6) is 5.75 Å². The summed E-state index contributed by atoms with van der Waals surface area (Å²) in [4.78, 5) is 7.11. The first-order valence-electron chi connectivity index (χ1n) is 9.33. The van der Waals surface area contributed by atoms with E-state index in [0.29, 0.717) is 5.92 Å². The summed E-state index contributed by atoms with van der Waals surface area (Å²) in [5.41, 5.74) is 2.72. The highest BCUT2D eigenvalue weighted by Gasteiger charge is 2.26. The number of likely N-dealkylation sites (tertiary alicyclic amines) is 1. The van der Waals surface area contributed by atoms with E-state index in [9.17, 15) is 4.39 Å². The number of fused-ring (bicyclic) bond motifs is 1. The second-order valence-corrected chi connectivity index (χ2v) is 7.31. The number of ether oxygens (including phenoxy) is 1. The number of hydrogen-bond donors (Lipinski definition) is 0. The number of aromatic nitrogens is 1. The molecule has 1 aliphatic carbocycles. The van der Waals surface area contributed by atoms with Crippen molar-refractivity contribution in [2.75, 3.05) is 19.6 Å². The maximum absolute atomic E-state index is 13.0. The van der Waals surface area contributed by atoms with Crippen molar-refractivity contribution in [1.29, 1.82) is 0 Å². The molecule has 2 atom stereocenters. The molecule has 2 unspecified atom stereocenters. The lowest BCUT2D eigenvalue weighted by atomic mass is 10.1. The van der Waals surface area contributed by atoms with Gasteiger partial charge in [-0.3, -0.25) is 4.98 Å². The minimum absolute atomic E-state index is 0.216. The summed E-state index contributed by atoms with van der Waals surface area (Å²) in [6, 6.07) is 10.6. The largest absolute Gasteiger partial charge is 0.490 e. The molecule has 132 valence electrons. The molecule has 0 amide bonds. The van der Waals surface area contributed by atoms with Crippen LogP contribution in [0.15, 0.2) is 42.6 Å². The molecule has 25 heavy (non-hydrogen) atoms. The van der Waals surface area contributed by atoms with Crippen LogP contribution in [0.1, 0.15) is 30.5 Å². The van der Waals surface area contributed by atoms with Gasteiger partial charge in [-0.1, -0.05) is 6.07 Å². The van der Waals surface area contributed by atoms with E-state index in [2.05, 4.69) is 16.0 Å². The van der Waals surface area contributed by atoms with Gasteiger partial charge in [0.1, 0.15) is 11.6 Å². The molecule has 1 aromatic heterocycles. The van der Waals surface area contributed by atoms with E-state index in [1.54, 1.807) is 12.1 Å². The predicted octanol–water partition coefficient (Wildman–Crippen LogP) is 3.87. The molecular formula is C21H25FN2O. The number of pyridine rings is 1. The Morgan fingerprint density at radius 2 is 1.96 bits per heavy atom. The van der Waals surface area contributed by atoms with Gasteiger partial charge in [-0.05, 0) is 80.5 Å². The topological polar surface area (TPSA) is 25.4 Å². The van der Waals surface area contributed by atoms with Crippen molar-refractivity contribution in [2.24, 2.45) is 5.92 Å². The highest BCUT2D eigenvalue weighted by atomic mass is 19.1. The molecule has 0 spiro atoms. The fourth-order valence-electron chi connectivity index (χ4n) is 4.12. The molecule has 4 rings (SSSR count). The Morgan fingerprint density at radius 3 is 2.80 bits per heavy atom. The Balaban J connectivity index is 1.28. The van der Waals surface area contributed by atoms with E-state index in [-0.39, 0.29) is 11.9 Å². The van der Waals surface area contributed by atoms with Crippen molar-refractivity contribution < 1.29 is 9.13 Å². The Kier molecular flexibility index (Phi) is 4.97. The van der Waals surface area contributed by atoms with Gasteiger partial charge in [0.2, 0.25) is 0 Å². The normalized spacial score (nSPS) is 23.9. The Bertz CT molecular complexity index is 678. The summed E-state index contributed by atoms with van der Waals surface area (Å²) >= 11 is 0. The van der Waals surface area contributed by atoms with Crippen molar-refractivity contribution in [3.05, 3.63) is 59.7 Å². The molecule has 0 radical (unpaired) electrons. The van der Waals surface area contributed by atoms with E-state index in [1.165, 1.54) is 23.4 Å². The van der Waals surface area contributed by atoms with Crippen LogP contribution >= 0.6 is 0 Å². The lowest BCUT2D eigenvalue weighted by Crippen LogP contribution is -2.31. The van der Waals surface area contributed by atoms with Crippen LogP contribution in [0.4, 0.5) is 4.39 Å². The highest BCUT2D eigenvalue weighted by Crippen LogP contribution is 2.26. The highest BCUT2D eigenvalue weighted by molar-refractivity contribution is 5.26. The Labute approximate surface area is 148 Å². The van der Waals surface area contributed by atoms with E-state index in [4.69, 9.17) is 4.74 Å². The maximum atomic E-state index is 13.0. The first-order valence-corrected chi connectivity index (χ1v) is 9.33. The molecule has 2 aliphatic rings. The molecular weight excluding hydrogens is 315 g/mol. The number of nitrogens with zero attached hydrogens (tertiary/aromatic N) is 2. The zero-order chi connectivity index (χ0) is 17.1. The zero-order valence-corrected chi connectivity index (χ0v) is 14.5. The Hall–Kier alpha value is -1.94. The molecule has 1 aliphatic heterocycles. The first-order chi connectivity index (χ1) is 12.3. The van der Waals surface area contributed by atoms with Crippen LogP contribution in [0.25, 0.3) is 0 Å². The zero-order valence-electron chi connectivity index (χ0n) is 14.5. The molecule has 1 saturated heterocycles. The van der Waals surface area contributed by atoms with Crippen LogP contribution in [0.2, 0.25) is 0 Å². The summed E-state index contributed by atoms with van der Waals surface area (Å²) in [6.07, 6.45) is 7.68. The van der Waals surface area contributed by atoms with Crippen molar-refractivity contribution >= 4 is 0 Å². The number of benzene rings is 1. The van der Waals surface area contributed by atoms with Crippen LogP contribution in [0, 0.1) is 11.7 Å². The first kappa shape index (κ1) is 16.5. The Morgan fingerprint density at radius 1 is 1.08 bits per heavy atom. The van der Waals surface area contributed by atoms with Gasteiger partial charge in [-0.25, -0.2) is 4.39 Å². The SMILES string of the molecule is Fc1ccc(OC2CCCN(CC3Cc4cccnc4C3)CC2)cc1. The van der Waals surface area contributed by atoms with Crippen molar-refractivity contribution in [2.45, 2.75) is 38.2 Å². The lowest BCUT2D eigenvalue weighted by molar-refractivity contribution is 0.176. The number of halogens is 1. The van der Waals surface area contributed by atoms with Gasteiger partial charge in [-0.2, -0.15) is 0 Å². The molecule has 0 bridgehead atoms. The van der Waals surface area contributed by atoms with Gasteiger partial charge in [0, 0.05) is 25.0 Å². The quantitative estimate of drug-likeness (QED) is 0.845. The van der Waals surface area contributed by atoms with Crippen LogP contribution < -0.4 is 4.74 Å². The molecule has 0 saturated carbocycles. The standard InChI is InChI=1S/C21H25FN2O/c22-18-5-7-20(8-6-18)25-19-4-2-11-24(12-9-19)15-16-13-17-3-1-10-23-21(17)14-16/h1,3,5-8,10,16,19H,2,4,9,11-15H2. The van der Waals surface area contributed by atoms with E-state index < -0.39 is 0 Å². The van der Waals surface area contributed by atoms with Crippen molar-refractivity contribution in [3.8, 4) is 5.75 Å². The monoisotopic (exact) mass is 340 g/mol.